The van der Waals surface area contributed by atoms with Crippen molar-refractivity contribution in [1.29, 1.82) is 0 Å². The zero-order chi connectivity index (χ0) is 17.5. The fourth-order valence-corrected chi connectivity index (χ4v) is 2.03. The van der Waals surface area contributed by atoms with Gasteiger partial charge in [0.15, 0.2) is 6.10 Å². The Morgan fingerprint density at radius 2 is 1.62 bits per heavy atom. The Labute approximate surface area is 141 Å². The van der Waals surface area contributed by atoms with Crippen LogP contribution in [0.1, 0.15) is 19.4 Å². The third-order valence-electron chi connectivity index (χ3n) is 3.41. The van der Waals surface area contributed by atoms with Gasteiger partial charge in [-0.3, -0.25) is 4.79 Å². The van der Waals surface area contributed by atoms with E-state index in [1.165, 1.54) is 24.3 Å². The molecular formula is C19H22FNO3. The van der Waals surface area contributed by atoms with E-state index >= 15 is 0 Å². The first-order valence-corrected chi connectivity index (χ1v) is 7.86. The predicted molar refractivity (Wildman–Crippen MR) is 90.8 cm³/mol. The average Bonchev–Trinajstić information content (AvgIpc) is 2.56. The van der Waals surface area contributed by atoms with E-state index in [2.05, 4.69) is 5.32 Å². The van der Waals surface area contributed by atoms with Crippen LogP contribution in [0.15, 0.2) is 48.5 Å². The van der Waals surface area contributed by atoms with Gasteiger partial charge in [-0.1, -0.05) is 17.7 Å². The molecule has 1 amide bonds. The SMILES string of the molecule is Cc1ccc(OC[C@@H](C)NC(=O)[C@H](C)Oc2ccc(F)cc2)cc1. The van der Waals surface area contributed by atoms with Crippen LogP contribution in [-0.4, -0.2) is 24.7 Å². The Kier molecular flexibility index (Phi) is 6.18. The van der Waals surface area contributed by atoms with Crippen molar-refractivity contribution in [3.63, 3.8) is 0 Å². The lowest BCUT2D eigenvalue weighted by Crippen LogP contribution is -2.43. The second kappa shape index (κ2) is 8.34. The van der Waals surface area contributed by atoms with Crippen LogP contribution < -0.4 is 14.8 Å². The van der Waals surface area contributed by atoms with E-state index in [1.54, 1.807) is 6.92 Å². The molecule has 2 aromatic rings. The lowest BCUT2D eigenvalue weighted by atomic mass is 10.2. The van der Waals surface area contributed by atoms with Crippen LogP contribution in [0.2, 0.25) is 0 Å². The minimum Gasteiger partial charge on any atom is -0.491 e. The molecular weight excluding hydrogens is 309 g/mol. The van der Waals surface area contributed by atoms with E-state index in [1.807, 2.05) is 38.1 Å². The van der Waals surface area contributed by atoms with Gasteiger partial charge in [0.1, 0.15) is 23.9 Å². The highest BCUT2D eigenvalue weighted by molar-refractivity contribution is 5.80. The zero-order valence-corrected chi connectivity index (χ0v) is 14.1. The summed E-state index contributed by atoms with van der Waals surface area (Å²) in [6.07, 6.45) is -0.683. The average molecular weight is 331 g/mol. The monoisotopic (exact) mass is 331 g/mol. The minimum absolute atomic E-state index is 0.168. The molecule has 2 aromatic carbocycles. The zero-order valence-electron chi connectivity index (χ0n) is 14.1. The summed E-state index contributed by atoms with van der Waals surface area (Å²) >= 11 is 0. The topological polar surface area (TPSA) is 47.6 Å². The highest BCUT2D eigenvalue weighted by Gasteiger charge is 2.17. The summed E-state index contributed by atoms with van der Waals surface area (Å²) in [6.45, 7) is 5.87. The third-order valence-corrected chi connectivity index (χ3v) is 3.41. The Bertz CT molecular complexity index is 655. The van der Waals surface area contributed by atoms with Gasteiger partial charge in [-0.15, -0.1) is 0 Å². The number of hydrogen-bond acceptors (Lipinski definition) is 3. The summed E-state index contributed by atoms with van der Waals surface area (Å²) in [5.41, 5.74) is 1.16. The maximum Gasteiger partial charge on any atom is 0.261 e. The molecule has 0 bridgehead atoms. The number of hydrogen-bond donors (Lipinski definition) is 1. The van der Waals surface area contributed by atoms with Crippen molar-refractivity contribution >= 4 is 5.91 Å². The minimum atomic E-state index is -0.683. The highest BCUT2D eigenvalue weighted by atomic mass is 19.1. The number of amides is 1. The number of carbonyl (C=O) groups excluding carboxylic acids is 1. The van der Waals surface area contributed by atoms with Gasteiger partial charge in [0, 0.05) is 0 Å². The third kappa shape index (κ3) is 5.57. The molecule has 0 aliphatic heterocycles. The summed E-state index contributed by atoms with van der Waals surface area (Å²) in [5.74, 6) is 0.612. The fraction of sp³-hybridized carbons (Fsp3) is 0.316. The number of ether oxygens (including phenoxy) is 2. The molecule has 0 spiro atoms. The van der Waals surface area contributed by atoms with E-state index in [-0.39, 0.29) is 17.8 Å². The van der Waals surface area contributed by atoms with Gasteiger partial charge < -0.3 is 14.8 Å². The van der Waals surface area contributed by atoms with E-state index < -0.39 is 6.10 Å². The number of benzene rings is 2. The van der Waals surface area contributed by atoms with Crippen LogP contribution >= 0.6 is 0 Å². The number of nitrogens with one attached hydrogen (secondary N) is 1. The molecule has 24 heavy (non-hydrogen) atoms. The van der Waals surface area contributed by atoms with E-state index in [4.69, 9.17) is 9.47 Å². The summed E-state index contributed by atoms with van der Waals surface area (Å²) in [5, 5.41) is 2.83. The molecule has 0 radical (unpaired) electrons. The largest absolute Gasteiger partial charge is 0.491 e. The van der Waals surface area contributed by atoms with Crippen molar-refractivity contribution in [2.45, 2.75) is 32.9 Å². The highest BCUT2D eigenvalue weighted by Crippen LogP contribution is 2.13. The first kappa shape index (κ1) is 17.8. The standard InChI is InChI=1S/C19H22FNO3/c1-13-4-8-17(9-5-13)23-12-14(2)21-19(22)15(3)24-18-10-6-16(20)7-11-18/h4-11,14-15H,12H2,1-3H3,(H,21,22)/t14-,15+/m1/s1. The molecule has 2 rings (SSSR count). The fourth-order valence-electron chi connectivity index (χ4n) is 2.03. The van der Waals surface area contributed by atoms with Gasteiger partial charge in [0.05, 0.1) is 6.04 Å². The van der Waals surface area contributed by atoms with Gasteiger partial charge in [-0.05, 0) is 57.2 Å². The quantitative estimate of drug-likeness (QED) is 0.845. The maximum absolute atomic E-state index is 12.9. The normalized spacial score (nSPS) is 13.0. The second-order valence-corrected chi connectivity index (χ2v) is 5.75. The van der Waals surface area contributed by atoms with Gasteiger partial charge >= 0.3 is 0 Å². The molecule has 2 atom stereocenters. The molecule has 0 aliphatic rings. The first-order chi connectivity index (χ1) is 11.4. The van der Waals surface area contributed by atoms with Crippen LogP contribution in [0.4, 0.5) is 4.39 Å². The summed E-state index contributed by atoms with van der Waals surface area (Å²) < 4.78 is 24.0. The number of rotatable bonds is 7. The molecule has 4 nitrogen and oxygen atoms in total. The van der Waals surface area contributed by atoms with E-state index in [0.29, 0.717) is 12.4 Å². The Hall–Kier alpha value is -2.56. The van der Waals surface area contributed by atoms with Crippen molar-refractivity contribution in [1.82, 2.24) is 5.32 Å². The van der Waals surface area contributed by atoms with Crippen molar-refractivity contribution in [3.05, 3.63) is 59.9 Å². The Balaban J connectivity index is 1.77. The van der Waals surface area contributed by atoms with Crippen LogP contribution in [0, 0.1) is 12.7 Å². The molecule has 0 fully saturated rings. The van der Waals surface area contributed by atoms with Crippen LogP contribution in [0.5, 0.6) is 11.5 Å². The van der Waals surface area contributed by atoms with Crippen molar-refractivity contribution in [3.8, 4) is 11.5 Å². The van der Waals surface area contributed by atoms with Crippen molar-refractivity contribution < 1.29 is 18.7 Å². The summed E-state index contributed by atoms with van der Waals surface area (Å²) in [7, 11) is 0. The molecule has 0 unspecified atom stereocenters. The summed E-state index contributed by atoms with van der Waals surface area (Å²) in [4.78, 5) is 12.1. The smallest absolute Gasteiger partial charge is 0.261 e. The summed E-state index contributed by atoms with van der Waals surface area (Å²) in [6, 6.07) is 13.1. The van der Waals surface area contributed by atoms with Gasteiger partial charge in [-0.25, -0.2) is 4.39 Å². The second-order valence-electron chi connectivity index (χ2n) is 5.75. The molecule has 0 saturated heterocycles. The Morgan fingerprint density at radius 1 is 1.04 bits per heavy atom. The van der Waals surface area contributed by atoms with Crippen molar-refractivity contribution in [2.75, 3.05) is 6.61 Å². The molecule has 0 heterocycles. The predicted octanol–water partition coefficient (Wildman–Crippen LogP) is 3.49. The first-order valence-electron chi connectivity index (χ1n) is 7.86. The Morgan fingerprint density at radius 3 is 2.25 bits per heavy atom. The van der Waals surface area contributed by atoms with E-state index in [0.717, 1.165) is 11.3 Å². The van der Waals surface area contributed by atoms with Crippen molar-refractivity contribution in [2.24, 2.45) is 0 Å². The van der Waals surface area contributed by atoms with Crippen LogP contribution in [-0.2, 0) is 4.79 Å². The number of halogens is 1. The number of aryl methyl sites for hydroxylation is 1. The lowest BCUT2D eigenvalue weighted by Gasteiger charge is -2.19. The van der Waals surface area contributed by atoms with Crippen LogP contribution in [0.3, 0.4) is 0 Å². The number of carbonyl (C=O) groups is 1. The van der Waals surface area contributed by atoms with Gasteiger partial charge in [-0.2, -0.15) is 0 Å². The molecule has 1 N–H and O–H groups in total. The molecule has 0 saturated carbocycles. The maximum atomic E-state index is 12.9. The van der Waals surface area contributed by atoms with Gasteiger partial charge in [0.25, 0.3) is 5.91 Å². The molecule has 0 aromatic heterocycles. The van der Waals surface area contributed by atoms with Gasteiger partial charge in [0.2, 0.25) is 0 Å². The molecule has 5 heteroatoms. The molecule has 128 valence electrons. The van der Waals surface area contributed by atoms with Crippen LogP contribution in [0.25, 0.3) is 0 Å². The molecule has 0 aliphatic carbocycles. The lowest BCUT2D eigenvalue weighted by molar-refractivity contribution is -0.128. The van der Waals surface area contributed by atoms with E-state index in [9.17, 15) is 9.18 Å².